The van der Waals surface area contributed by atoms with Gasteiger partial charge in [-0.2, -0.15) is 13.2 Å². The van der Waals surface area contributed by atoms with E-state index < -0.39 is 47.6 Å². The number of unbranched alkanes of at least 4 members (excludes halogenated alkanes) is 2. The lowest BCUT2D eigenvalue weighted by Crippen LogP contribution is -2.48. The highest BCUT2D eigenvalue weighted by molar-refractivity contribution is 5.87. The van der Waals surface area contributed by atoms with Crippen molar-refractivity contribution < 1.29 is 41.8 Å². The van der Waals surface area contributed by atoms with Gasteiger partial charge in [0.15, 0.2) is 0 Å². The highest BCUT2D eigenvalue weighted by atomic mass is 19.4. The molecule has 0 aromatic carbocycles. The Hall–Kier alpha value is -2.52. The van der Waals surface area contributed by atoms with Crippen molar-refractivity contribution in [2.24, 2.45) is 0 Å². The summed E-state index contributed by atoms with van der Waals surface area (Å²) in [7, 11) is 0. The molecule has 0 spiro atoms. The van der Waals surface area contributed by atoms with Crippen LogP contribution in [0.2, 0.25) is 0 Å². The lowest BCUT2D eigenvalue weighted by Gasteiger charge is -2.24. The van der Waals surface area contributed by atoms with E-state index in [9.17, 15) is 27.6 Å². The molecule has 0 aliphatic rings. The van der Waals surface area contributed by atoms with Crippen molar-refractivity contribution >= 4 is 18.0 Å². The van der Waals surface area contributed by atoms with Gasteiger partial charge in [-0.15, -0.1) is 0 Å². The number of ether oxygens (including phenoxy) is 3. The second-order valence-corrected chi connectivity index (χ2v) is 9.70. The number of esters is 1. The minimum Gasteiger partial charge on any atom is -0.458 e. The van der Waals surface area contributed by atoms with Crippen molar-refractivity contribution in [1.82, 2.24) is 5.32 Å². The second-order valence-electron chi connectivity index (χ2n) is 9.70. The first kappa shape index (κ1) is 31.5. The fourth-order valence-corrected chi connectivity index (χ4v) is 2.59. The molecule has 1 N–H and O–H groups in total. The number of halogens is 3. The molecule has 0 saturated heterocycles. The zero-order valence-corrected chi connectivity index (χ0v) is 21.1. The molecule has 7 nitrogen and oxygen atoms in total. The van der Waals surface area contributed by atoms with Crippen LogP contribution in [0, 0.1) is 0 Å². The number of carbonyl (C=O) groups excluding carboxylic acids is 3. The number of hydrogen-bond acceptors (Lipinski definition) is 6. The van der Waals surface area contributed by atoms with Crippen LogP contribution in [0.25, 0.3) is 0 Å². The van der Waals surface area contributed by atoms with Crippen LogP contribution in [0.15, 0.2) is 24.3 Å². The van der Waals surface area contributed by atoms with E-state index in [0.29, 0.717) is 25.7 Å². The summed E-state index contributed by atoms with van der Waals surface area (Å²) >= 11 is 0. The average Bonchev–Trinajstić information content (AvgIpc) is 2.62. The van der Waals surface area contributed by atoms with E-state index in [1.807, 2.05) is 6.92 Å². The van der Waals surface area contributed by atoms with Crippen molar-refractivity contribution in [2.75, 3.05) is 0 Å². The lowest BCUT2D eigenvalue weighted by molar-refractivity contribution is -0.177. The molecule has 0 bridgehead atoms. The molecular formula is C24H38F3NO6. The summed E-state index contributed by atoms with van der Waals surface area (Å²) in [5.41, 5.74) is -1.56. The summed E-state index contributed by atoms with van der Waals surface area (Å²) in [5.74, 6) is -3.14. The molecular weight excluding hydrogens is 455 g/mol. The Labute approximate surface area is 200 Å². The van der Waals surface area contributed by atoms with Gasteiger partial charge in [0.05, 0.1) is 0 Å². The Kier molecular flexibility index (Phi) is 13.0. The fourth-order valence-electron chi connectivity index (χ4n) is 2.59. The highest BCUT2D eigenvalue weighted by Gasteiger charge is 2.41. The number of rotatable bonds is 11. The van der Waals surface area contributed by atoms with Crippen LogP contribution in [-0.4, -0.2) is 47.6 Å². The topological polar surface area (TPSA) is 90.9 Å². The van der Waals surface area contributed by atoms with Crippen molar-refractivity contribution in [3.63, 3.8) is 0 Å². The van der Waals surface area contributed by atoms with E-state index in [1.54, 1.807) is 65.1 Å². The van der Waals surface area contributed by atoms with Gasteiger partial charge in [-0.3, -0.25) is 4.79 Å². The molecule has 1 amide bonds. The first-order valence-electron chi connectivity index (χ1n) is 11.2. The third-order valence-corrected chi connectivity index (χ3v) is 3.95. The van der Waals surface area contributed by atoms with Crippen molar-refractivity contribution in [1.29, 1.82) is 0 Å². The van der Waals surface area contributed by atoms with Gasteiger partial charge >= 0.3 is 24.2 Å². The maximum Gasteiger partial charge on any atom is 0.509 e. The summed E-state index contributed by atoms with van der Waals surface area (Å²) in [6.07, 6.45) is 2.95. The van der Waals surface area contributed by atoms with Crippen molar-refractivity contribution in [2.45, 2.75) is 110 Å². The molecule has 0 rings (SSSR count). The quantitative estimate of drug-likeness (QED) is 0.223. The van der Waals surface area contributed by atoms with Crippen LogP contribution in [0.4, 0.5) is 18.0 Å². The van der Waals surface area contributed by atoms with Gasteiger partial charge in [-0.25, -0.2) is 9.59 Å². The van der Waals surface area contributed by atoms with Gasteiger partial charge in [0.2, 0.25) is 0 Å². The molecule has 0 radical (unpaired) electrons. The van der Waals surface area contributed by atoms with Crippen LogP contribution in [0.3, 0.4) is 0 Å². The monoisotopic (exact) mass is 493 g/mol. The molecule has 2 unspecified atom stereocenters. The first-order valence-corrected chi connectivity index (χ1v) is 11.2. The normalized spacial score (nSPS) is 14.6. The van der Waals surface area contributed by atoms with Gasteiger partial charge in [-0.05, 0) is 86.6 Å². The molecule has 0 fully saturated rings. The van der Waals surface area contributed by atoms with Crippen LogP contribution in [0.5, 0.6) is 0 Å². The molecule has 0 aromatic heterocycles. The van der Waals surface area contributed by atoms with Crippen LogP contribution < -0.4 is 5.32 Å². The molecule has 10 heteroatoms. The predicted molar refractivity (Wildman–Crippen MR) is 122 cm³/mol. The van der Waals surface area contributed by atoms with Crippen molar-refractivity contribution in [3.8, 4) is 0 Å². The predicted octanol–water partition coefficient (Wildman–Crippen LogP) is 5.78. The zero-order valence-electron chi connectivity index (χ0n) is 21.1. The highest BCUT2D eigenvalue weighted by Crippen LogP contribution is 2.17. The number of nitrogens with one attached hydrogen (secondary N) is 1. The Morgan fingerprint density at radius 3 is 2.00 bits per heavy atom. The summed E-state index contributed by atoms with van der Waals surface area (Å²) in [6.45, 7) is 11.8. The van der Waals surface area contributed by atoms with Gasteiger partial charge < -0.3 is 19.5 Å². The van der Waals surface area contributed by atoms with Crippen LogP contribution in [-0.2, 0) is 23.8 Å². The molecule has 0 heterocycles. The minimum absolute atomic E-state index is 0.139. The maximum absolute atomic E-state index is 12.6. The Morgan fingerprint density at radius 2 is 1.50 bits per heavy atom. The lowest BCUT2D eigenvalue weighted by atomic mass is 10.1. The third kappa shape index (κ3) is 16.1. The van der Waals surface area contributed by atoms with E-state index in [1.165, 1.54) is 6.08 Å². The second kappa shape index (κ2) is 14.0. The van der Waals surface area contributed by atoms with Gasteiger partial charge in [0.25, 0.3) is 0 Å². The SMILES string of the molecule is C/C=C/C(CCCC/C=C/CC(NC(=O)C(F)(F)F)C(=O)OC(C)(C)C)OC(=O)OC(C)(C)C. The fraction of sp³-hybridized carbons (Fsp3) is 0.708. The molecule has 2 atom stereocenters. The molecule has 196 valence electrons. The van der Waals surface area contributed by atoms with Crippen LogP contribution in [0.1, 0.15) is 80.6 Å². The number of alkyl halides is 3. The molecule has 34 heavy (non-hydrogen) atoms. The smallest absolute Gasteiger partial charge is 0.458 e. The largest absolute Gasteiger partial charge is 0.509 e. The summed E-state index contributed by atoms with van der Waals surface area (Å²) in [5, 5.41) is 1.69. The summed E-state index contributed by atoms with van der Waals surface area (Å²) < 4.78 is 53.3. The van der Waals surface area contributed by atoms with Gasteiger partial charge in [-0.1, -0.05) is 18.2 Å². The molecule has 0 aromatic rings. The van der Waals surface area contributed by atoms with E-state index >= 15 is 0 Å². The van der Waals surface area contributed by atoms with E-state index in [0.717, 1.165) is 0 Å². The maximum atomic E-state index is 12.6. The van der Waals surface area contributed by atoms with Crippen LogP contribution >= 0.6 is 0 Å². The number of amides is 1. The molecule has 0 saturated carbocycles. The van der Waals surface area contributed by atoms with E-state index in [2.05, 4.69) is 0 Å². The Bertz CT molecular complexity index is 718. The molecule has 0 aliphatic heterocycles. The van der Waals surface area contributed by atoms with Gasteiger partial charge in [0, 0.05) is 0 Å². The zero-order chi connectivity index (χ0) is 26.6. The van der Waals surface area contributed by atoms with E-state index in [-0.39, 0.29) is 6.42 Å². The average molecular weight is 494 g/mol. The first-order chi connectivity index (χ1) is 15.4. The Balaban J connectivity index is 4.69. The number of carbonyl (C=O) groups is 3. The molecule has 0 aliphatic carbocycles. The summed E-state index contributed by atoms with van der Waals surface area (Å²) in [4.78, 5) is 35.3. The third-order valence-electron chi connectivity index (χ3n) is 3.95. The number of hydrogen-bond donors (Lipinski definition) is 1. The van der Waals surface area contributed by atoms with Gasteiger partial charge in [0.1, 0.15) is 23.3 Å². The van der Waals surface area contributed by atoms with Crippen molar-refractivity contribution in [3.05, 3.63) is 24.3 Å². The number of allylic oxidation sites excluding steroid dienone is 2. The summed E-state index contributed by atoms with van der Waals surface area (Å²) in [6, 6.07) is -1.45. The standard InChI is InChI=1S/C24H38F3NO6/c1-8-14-17(32-21(31)34-23(5,6)7)15-12-10-9-11-13-16-18(19(29)33-22(2,3)4)28-20(30)24(25,26)27/h8,11,13-14,17-18H,9-10,12,15-16H2,1-7H3,(H,28,30)/b13-11+,14-8+. The Morgan fingerprint density at radius 1 is 0.912 bits per heavy atom. The minimum atomic E-state index is -5.10. The van der Waals surface area contributed by atoms with E-state index in [4.69, 9.17) is 14.2 Å².